The number of nitrogens with zero attached hydrogens (tertiary/aromatic N) is 1. The number of amides is 1. The largest absolute Gasteiger partial charge is 0.322 e. The van der Waals surface area contributed by atoms with Gasteiger partial charge >= 0.3 is 0 Å². The summed E-state index contributed by atoms with van der Waals surface area (Å²) in [6.07, 6.45) is 2.34. The van der Waals surface area contributed by atoms with Gasteiger partial charge in [0, 0.05) is 22.7 Å². The van der Waals surface area contributed by atoms with Crippen LogP contribution in [0.4, 0.5) is 5.69 Å². The maximum Gasteiger partial charge on any atom is 0.256 e. The average Bonchev–Trinajstić information content (AvgIpc) is 3.41. The molecule has 0 saturated heterocycles. The number of fused-ring (bicyclic) bond motifs is 1. The Balaban J connectivity index is 1.77. The summed E-state index contributed by atoms with van der Waals surface area (Å²) < 4.78 is 0. The van der Waals surface area contributed by atoms with Crippen LogP contribution in [-0.4, -0.2) is 10.9 Å². The predicted molar refractivity (Wildman–Crippen MR) is 92.9 cm³/mol. The molecule has 3 nitrogen and oxygen atoms in total. The number of anilines is 1. The third kappa shape index (κ3) is 2.70. The van der Waals surface area contributed by atoms with Gasteiger partial charge in [0.1, 0.15) is 0 Å². The molecule has 1 aliphatic rings. The second kappa shape index (κ2) is 5.51. The number of nitrogens with one attached hydrogen (secondary N) is 1. The van der Waals surface area contributed by atoms with Crippen molar-refractivity contribution in [3.8, 4) is 0 Å². The van der Waals surface area contributed by atoms with Gasteiger partial charge in [-0.3, -0.25) is 9.78 Å². The molecule has 2 aromatic carbocycles. The van der Waals surface area contributed by atoms with Gasteiger partial charge in [-0.15, -0.1) is 0 Å². The van der Waals surface area contributed by atoms with Crippen molar-refractivity contribution in [2.24, 2.45) is 0 Å². The predicted octanol–water partition coefficient (Wildman–Crippen LogP) is 4.67. The fourth-order valence-corrected chi connectivity index (χ4v) is 2.87. The van der Waals surface area contributed by atoms with E-state index in [1.54, 1.807) is 0 Å². The first-order chi connectivity index (χ1) is 11.2. The third-order valence-corrected chi connectivity index (χ3v) is 4.37. The number of hydrogen-bond acceptors (Lipinski definition) is 2. The van der Waals surface area contributed by atoms with Crippen LogP contribution in [0.3, 0.4) is 0 Å². The minimum atomic E-state index is -0.0696. The molecule has 0 atom stereocenters. The van der Waals surface area contributed by atoms with E-state index in [1.165, 1.54) is 12.8 Å². The molecule has 3 aromatic rings. The standard InChI is InChI=1S/C20H18N2O/c1-13-6-2-4-8-17(13)22-20(23)16-12-19(14-10-11-14)21-18-9-5-3-7-15(16)18/h2-9,12,14H,10-11H2,1H3,(H,22,23). The molecular weight excluding hydrogens is 284 g/mol. The topological polar surface area (TPSA) is 42.0 Å². The second-order valence-corrected chi connectivity index (χ2v) is 6.16. The maximum absolute atomic E-state index is 12.8. The first-order valence-corrected chi connectivity index (χ1v) is 7.99. The van der Waals surface area contributed by atoms with Crippen molar-refractivity contribution in [1.82, 2.24) is 4.98 Å². The van der Waals surface area contributed by atoms with Gasteiger partial charge in [0.05, 0.1) is 11.1 Å². The molecule has 1 saturated carbocycles. The van der Waals surface area contributed by atoms with Crippen molar-refractivity contribution >= 4 is 22.5 Å². The summed E-state index contributed by atoms with van der Waals surface area (Å²) >= 11 is 0. The molecule has 3 heteroatoms. The van der Waals surface area contributed by atoms with E-state index in [9.17, 15) is 4.79 Å². The lowest BCUT2D eigenvalue weighted by atomic mass is 10.0. The highest BCUT2D eigenvalue weighted by atomic mass is 16.1. The Morgan fingerprint density at radius 3 is 2.61 bits per heavy atom. The van der Waals surface area contributed by atoms with Crippen molar-refractivity contribution in [2.45, 2.75) is 25.7 Å². The molecule has 1 amide bonds. The number of para-hydroxylation sites is 2. The summed E-state index contributed by atoms with van der Waals surface area (Å²) in [5.74, 6) is 0.449. The minimum absolute atomic E-state index is 0.0696. The summed E-state index contributed by atoms with van der Waals surface area (Å²) in [6.45, 7) is 2.00. The maximum atomic E-state index is 12.8. The number of aromatic nitrogens is 1. The van der Waals surface area contributed by atoms with Gasteiger partial charge < -0.3 is 5.32 Å². The van der Waals surface area contributed by atoms with Crippen molar-refractivity contribution in [3.05, 3.63) is 71.4 Å². The Hall–Kier alpha value is -2.68. The second-order valence-electron chi connectivity index (χ2n) is 6.16. The van der Waals surface area contributed by atoms with Gasteiger partial charge in [0.25, 0.3) is 5.91 Å². The molecule has 0 unspecified atom stereocenters. The SMILES string of the molecule is Cc1ccccc1NC(=O)c1cc(C2CC2)nc2ccccc12. The van der Waals surface area contributed by atoms with Gasteiger partial charge in [-0.2, -0.15) is 0 Å². The fraction of sp³-hybridized carbons (Fsp3) is 0.200. The zero-order valence-electron chi connectivity index (χ0n) is 13.0. The number of carbonyl (C=O) groups is 1. The molecule has 0 bridgehead atoms. The first kappa shape index (κ1) is 13.9. The van der Waals surface area contributed by atoms with Crippen molar-refractivity contribution < 1.29 is 4.79 Å². The number of aryl methyl sites for hydroxylation is 1. The van der Waals surface area contributed by atoms with E-state index in [4.69, 9.17) is 4.98 Å². The average molecular weight is 302 g/mol. The zero-order valence-corrected chi connectivity index (χ0v) is 13.0. The normalized spacial score (nSPS) is 14.0. The zero-order chi connectivity index (χ0) is 15.8. The molecule has 0 aliphatic heterocycles. The van der Waals surface area contributed by atoms with E-state index in [2.05, 4.69) is 5.32 Å². The molecule has 1 fully saturated rings. The van der Waals surface area contributed by atoms with Crippen LogP contribution in [0.25, 0.3) is 10.9 Å². The van der Waals surface area contributed by atoms with Gasteiger partial charge in [-0.1, -0.05) is 36.4 Å². The summed E-state index contributed by atoms with van der Waals surface area (Å²) in [7, 11) is 0. The monoisotopic (exact) mass is 302 g/mol. The summed E-state index contributed by atoms with van der Waals surface area (Å²) in [4.78, 5) is 17.6. The van der Waals surface area contributed by atoms with Crippen LogP contribution in [-0.2, 0) is 0 Å². The molecule has 4 rings (SSSR count). The Bertz CT molecular complexity index is 897. The third-order valence-electron chi connectivity index (χ3n) is 4.37. The number of pyridine rings is 1. The van der Waals surface area contributed by atoms with Crippen LogP contribution in [0.5, 0.6) is 0 Å². The smallest absolute Gasteiger partial charge is 0.256 e. The Morgan fingerprint density at radius 2 is 1.83 bits per heavy atom. The van der Waals surface area contributed by atoms with Crippen LogP contribution in [0.1, 0.15) is 40.4 Å². The van der Waals surface area contributed by atoms with Crippen LogP contribution >= 0.6 is 0 Å². The Morgan fingerprint density at radius 1 is 1.09 bits per heavy atom. The van der Waals surface area contributed by atoms with Crippen LogP contribution < -0.4 is 5.32 Å². The van der Waals surface area contributed by atoms with Crippen molar-refractivity contribution in [3.63, 3.8) is 0 Å². The van der Waals surface area contributed by atoms with Crippen molar-refractivity contribution in [1.29, 1.82) is 0 Å². The van der Waals surface area contributed by atoms with Crippen LogP contribution in [0.2, 0.25) is 0 Å². The quantitative estimate of drug-likeness (QED) is 0.763. The van der Waals surface area contributed by atoms with Crippen LogP contribution in [0, 0.1) is 6.92 Å². The number of carbonyl (C=O) groups excluding carboxylic acids is 1. The van der Waals surface area contributed by atoms with E-state index >= 15 is 0 Å². The number of benzene rings is 2. The van der Waals surface area contributed by atoms with Gasteiger partial charge in [-0.05, 0) is 43.5 Å². The lowest BCUT2D eigenvalue weighted by Gasteiger charge is -2.11. The van der Waals surface area contributed by atoms with E-state index in [1.807, 2.05) is 61.5 Å². The highest BCUT2D eigenvalue weighted by molar-refractivity contribution is 6.12. The number of rotatable bonds is 3. The minimum Gasteiger partial charge on any atom is -0.322 e. The van der Waals surface area contributed by atoms with Gasteiger partial charge in [-0.25, -0.2) is 0 Å². The highest BCUT2D eigenvalue weighted by Gasteiger charge is 2.27. The lowest BCUT2D eigenvalue weighted by Crippen LogP contribution is -2.14. The summed E-state index contributed by atoms with van der Waals surface area (Å²) in [5, 5.41) is 3.94. The number of hydrogen-bond donors (Lipinski definition) is 1. The Kier molecular flexibility index (Phi) is 3.34. The summed E-state index contributed by atoms with van der Waals surface area (Å²) in [6, 6.07) is 17.7. The van der Waals surface area contributed by atoms with Crippen LogP contribution in [0.15, 0.2) is 54.6 Å². The molecule has 0 spiro atoms. The van der Waals surface area contributed by atoms with Gasteiger partial charge in [0.15, 0.2) is 0 Å². The van der Waals surface area contributed by atoms with Crippen molar-refractivity contribution in [2.75, 3.05) is 5.32 Å². The lowest BCUT2D eigenvalue weighted by molar-refractivity contribution is 0.102. The fourth-order valence-electron chi connectivity index (χ4n) is 2.87. The highest BCUT2D eigenvalue weighted by Crippen LogP contribution is 2.40. The molecule has 1 heterocycles. The van der Waals surface area contributed by atoms with E-state index in [-0.39, 0.29) is 5.91 Å². The first-order valence-electron chi connectivity index (χ1n) is 7.99. The molecule has 114 valence electrons. The molecule has 0 radical (unpaired) electrons. The Labute approximate surface area is 135 Å². The van der Waals surface area contributed by atoms with E-state index in [0.29, 0.717) is 11.5 Å². The molecule has 23 heavy (non-hydrogen) atoms. The molecule has 1 N–H and O–H groups in total. The molecule has 1 aromatic heterocycles. The molecular formula is C20H18N2O. The van der Waals surface area contributed by atoms with E-state index in [0.717, 1.165) is 27.8 Å². The van der Waals surface area contributed by atoms with Gasteiger partial charge in [0.2, 0.25) is 0 Å². The summed E-state index contributed by atoms with van der Waals surface area (Å²) in [5.41, 5.74) is 4.55. The molecule has 1 aliphatic carbocycles. The van der Waals surface area contributed by atoms with E-state index < -0.39 is 0 Å².